The van der Waals surface area contributed by atoms with E-state index in [1.54, 1.807) is 6.07 Å². The highest BCUT2D eigenvalue weighted by molar-refractivity contribution is 5.49. The van der Waals surface area contributed by atoms with Gasteiger partial charge in [0, 0.05) is 11.3 Å². The summed E-state index contributed by atoms with van der Waals surface area (Å²) >= 11 is 0. The maximum atomic E-state index is 9.74. The first-order chi connectivity index (χ1) is 8.06. The van der Waals surface area contributed by atoms with Crippen LogP contribution in [-0.2, 0) is 6.42 Å². The van der Waals surface area contributed by atoms with Gasteiger partial charge >= 0.3 is 0 Å². The first-order valence-electron chi connectivity index (χ1n) is 5.90. The first kappa shape index (κ1) is 11.7. The molecule has 0 aliphatic heterocycles. The molecule has 3 nitrogen and oxygen atoms in total. The van der Waals surface area contributed by atoms with Crippen molar-refractivity contribution in [3.05, 3.63) is 40.7 Å². The second kappa shape index (κ2) is 4.24. The number of phenolic OH excluding ortho intramolecular Hbond substituents is 1. The fraction of sp³-hybridized carbons (Fsp3) is 0.357. The minimum atomic E-state index is 0.313. The molecule has 1 heterocycles. The summed E-state index contributed by atoms with van der Waals surface area (Å²) in [6.07, 6.45) is 0.982. The molecule has 0 aliphatic rings. The second-order valence-electron chi connectivity index (χ2n) is 4.34. The molecule has 0 aliphatic carbocycles. The minimum absolute atomic E-state index is 0.313. The fourth-order valence-corrected chi connectivity index (χ4v) is 2.26. The number of aromatic nitrogens is 2. The van der Waals surface area contributed by atoms with Crippen LogP contribution in [0.15, 0.2) is 18.2 Å². The molecule has 0 unspecified atom stereocenters. The van der Waals surface area contributed by atoms with Crippen LogP contribution < -0.4 is 0 Å². The van der Waals surface area contributed by atoms with Gasteiger partial charge in [-0.25, -0.2) is 4.68 Å². The molecule has 17 heavy (non-hydrogen) atoms. The van der Waals surface area contributed by atoms with Gasteiger partial charge < -0.3 is 5.11 Å². The fourth-order valence-electron chi connectivity index (χ4n) is 2.26. The molecule has 0 amide bonds. The van der Waals surface area contributed by atoms with Crippen LogP contribution in [0.2, 0.25) is 0 Å². The maximum absolute atomic E-state index is 9.74. The molecule has 1 aromatic carbocycles. The van der Waals surface area contributed by atoms with Gasteiger partial charge in [0.25, 0.3) is 0 Å². The van der Waals surface area contributed by atoms with Crippen LogP contribution in [-0.4, -0.2) is 14.9 Å². The molecule has 2 aromatic rings. The highest BCUT2D eigenvalue weighted by Gasteiger charge is 2.13. The van der Waals surface area contributed by atoms with Crippen LogP contribution in [0, 0.1) is 20.8 Å². The lowest BCUT2D eigenvalue weighted by Crippen LogP contribution is -2.01. The molecule has 1 aromatic heterocycles. The Morgan fingerprint density at radius 1 is 1.24 bits per heavy atom. The lowest BCUT2D eigenvalue weighted by molar-refractivity contribution is 0.470. The lowest BCUT2D eigenvalue weighted by Gasteiger charge is -2.09. The Bertz CT molecular complexity index is 556. The van der Waals surface area contributed by atoms with Gasteiger partial charge in [-0.15, -0.1) is 0 Å². The van der Waals surface area contributed by atoms with E-state index in [1.165, 1.54) is 5.56 Å². The van der Waals surface area contributed by atoms with Gasteiger partial charge in [-0.1, -0.05) is 13.0 Å². The summed E-state index contributed by atoms with van der Waals surface area (Å²) in [5.41, 5.74) is 5.31. The van der Waals surface area contributed by atoms with Crippen molar-refractivity contribution < 1.29 is 5.11 Å². The summed E-state index contributed by atoms with van der Waals surface area (Å²) in [5.74, 6) is 0.313. The predicted molar refractivity (Wildman–Crippen MR) is 68.8 cm³/mol. The molecule has 0 saturated carbocycles. The number of hydrogen-bond donors (Lipinski definition) is 1. The highest BCUT2D eigenvalue weighted by atomic mass is 16.3. The number of rotatable bonds is 2. The van der Waals surface area contributed by atoms with Gasteiger partial charge in [-0.05, 0) is 44.9 Å². The lowest BCUT2D eigenvalue weighted by atomic mass is 10.1. The second-order valence-corrected chi connectivity index (χ2v) is 4.34. The maximum Gasteiger partial charge on any atom is 0.120 e. The third-order valence-electron chi connectivity index (χ3n) is 3.30. The molecule has 0 saturated heterocycles. The third kappa shape index (κ3) is 1.82. The van der Waals surface area contributed by atoms with Gasteiger partial charge in [0.1, 0.15) is 5.75 Å². The van der Waals surface area contributed by atoms with Crippen LogP contribution in [0.5, 0.6) is 5.75 Å². The quantitative estimate of drug-likeness (QED) is 0.861. The summed E-state index contributed by atoms with van der Waals surface area (Å²) in [7, 11) is 0. The average molecular weight is 230 g/mol. The zero-order valence-corrected chi connectivity index (χ0v) is 10.8. The van der Waals surface area contributed by atoms with Crippen LogP contribution in [0.4, 0.5) is 0 Å². The van der Waals surface area contributed by atoms with Gasteiger partial charge in [-0.2, -0.15) is 5.10 Å². The largest absolute Gasteiger partial charge is 0.508 e. The van der Waals surface area contributed by atoms with E-state index in [9.17, 15) is 5.11 Å². The van der Waals surface area contributed by atoms with Crippen LogP contribution in [0.25, 0.3) is 5.69 Å². The Morgan fingerprint density at radius 2 is 1.94 bits per heavy atom. The summed E-state index contributed by atoms with van der Waals surface area (Å²) in [6.45, 7) is 8.15. The standard InChI is InChI=1S/C14H18N2O/c1-5-12-10(3)15-16(11(12)4)13-7-6-8-14(17)9(13)2/h6-8,17H,5H2,1-4H3. The summed E-state index contributed by atoms with van der Waals surface area (Å²) in [4.78, 5) is 0. The molecule has 0 atom stereocenters. The Balaban J connectivity index is 2.65. The molecule has 2 rings (SSSR count). The molecular formula is C14H18N2O. The SMILES string of the molecule is CCc1c(C)nn(-c2cccc(O)c2C)c1C. The normalized spacial score (nSPS) is 10.8. The third-order valence-corrected chi connectivity index (χ3v) is 3.30. The van der Waals surface area contributed by atoms with Crippen LogP contribution in [0.1, 0.15) is 29.4 Å². The van der Waals surface area contributed by atoms with Gasteiger partial charge in [0.05, 0.1) is 11.4 Å². The molecule has 0 fully saturated rings. The zero-order valence-electron chi connectivity index (χ0n) is 10.8. The van der Waals surface area contributed by atoms with Crippen LogP contribution >= 0.6 is 0 Å². The topological polar surface area (TPSA) is 38.0 Å². The smallest absolute Gasteiger partial charge is 0.120 e. The summed E-state index contributed by atoms with van der Waals surface area (Å²) in [5, 5.41) is 14.3. The number of benzene rings is 1. The zero-order chi connectivity index (χ0) is 12.6. The van der Waals surface area contributed by atoms with Crippen molar-refractivity contribution in [1.29, 1.82) is 0 Å². The number of aryl methyl sites for hydroxylation is 1. The molecule has 0 radical (unpaired) electrons. The van der Waals surface area contributed by atoms with E-state index in [0.717, 1.165) is 29.1 Å². The molecule has 1 N–H and O–H groups in total. The minimum Gasteiger partial charge on any atom is -0.508 e. The summed E-state index contributed by atoms with van der Waals surface area (Å²) in [6, 6.07) is 5.53. The van der Waals surface area contributed by atoms with Crippen LogP contribution in [0.3, 0.4) is 0 Å². The predicted octanol–water partition coefficient (Wildman–Crippen LogP) is 3.07. The molecule has 0 bridgehead atoms. The molecule has 0 spiro atoms. The highest BCUT2D eigenvalue weighted by Crippen LogP contribution is 2.25. The average Bonchev–Trinajstić information content (AvgIpc) is 2.58. The number of hydrogen-bond acceptors (Lipinski definition) is 2. The Morgan fingerprint density at radius 3 is 2.53 bits per heavy atom. The van der Waals surface area contributed by atoms with E-state index < -0.39 is 0 Å². The van der Waals surface area contributed by atoms with Gasteiger partial charge in [-0.3, -0.25) is 0 Å². The van der Waals surface area contributed by atoms with E-state index in [-0.39, 0.29) is 0 Å². The van der Waals surface area contributed by atoms with Crippen molar-refractivity contribution in [3.63, 3.8) is 0 Å². The number of nitrogens with zero attached hydrogens (tertiary/aromatic N) is 2. The van der Waals surface area contributed by atoms with Crippen molar-refractivity contribution in [1.82, 2.24) is 9.78 Å². The number of aromatic hydroxyl groups is 1. The number of phenols is 1. The first-order valence-corrected chi connectivity index (χ1v) is 5.90. The Hall–Kier alpha value is -1.77. The Labute approximate surface area is 102 Å². The van der Waals surface area contributed by atoms with E-state index >= 15 is 0 Å². The van der Waals surface area contributed by atoms with E-state index in [2.05, 4.69) is 18.9 Å². The molecule has 90 valence electrons. The molecular weight excluding hydrogens is 212 g/mol. The van der Waals surface area contributed by atoms with Crippen molar-refractivity contribution in [2.75, 3.05) is 0 Å². The molecule has 3 heteroatoms. The van der Waals surface area contributed by atoms with E-state index in [0.29, 0.717) is 5.75 Å². The van der Waals surface area contributed by atoms with E-state index in [4.69, 9.17) is 0 Å². The van der Waals surface area contributed by atoms with Crippen molar-refractivity contribution in [3.8, 4) is 11.4 Å². The monoisotopic (exact) mass is 230 g/mol. The van der Waals surface area contributed by atoms with Crippen molar-refractivity contribution in [2.45, 2.75) is 34.1 Å². The van der Waals surface area contributed by atoms with Crippen molar-refractivity contribution >= 4 is 0 Å². The summed E-state index contributed by atoms with van der Waals surface area (Å²) < 4.78 is 1.92. The van der Waals surface area contributed by atoms with E-state index in [1.807, 2.05) is 30.7 Å². The van der Waals surface area contributed by atoms with Gasteiger partial charge in [0.15, 0.2) is 0 Å². The van der Waals surface area contributed by atoms with Gasteiger partial charge in [0.2, 0.25) is 0 Å². The van der Waals surface area contributed by atoms with Crippen molar-refractivity contribution in [2.24, 2.45) is 0 Å². The Kier molecular flexibility index (Phi) is 2.92.